The maximum absolute atomic E-state index is 13.2. The minimum absolute atomic E-state index is 0.0396. The first-order valence-corrected chi connectivity index (χ1v) is 20.4. The van der Waals surface area contributed by atoms with Gasteiger partial charge in [0.25, 0.3) is 30.9 Å². The predicted octanol–water partition coefficient (Wildman–Crippen LogP) is 7.77. The Balaban J connectivity index is 5.65. The molecule has 0 bridgehead atoms. The smallest absolute Gasteiger partial charge is 0.358 e. The van der Waals surface area contributed by atoms with E-state index in [1.807, 2.05) is 13.1 Å². The Labute approximate surface area is 201 Å². The largest absolute Gasteiger partial charge is 0.539 e. The molecule has 8 heteroatoms. The van der Waals surface area contributed by atoms with Gasteiger partial charge >= 0.3 is 5.97 Å². The van der Waals surface area contributed by atoms with Crippen LogP contribution in [0.3, 0.4) is 0 Å². The van der Waals surface area contributed by atoms with Crippen molar-refractivity contribution in [3.8, 4) is 0 Å². The quantitative estimate of drug-likeness (QED) is 0.193. The van der Waals surface area contributed by atoms with Gasteiger partial charge in [0.2, 0.25) is 0 Å². The summed E-state index contributed by atoms with van der Waals surface area (Å²) in [7, 11) is -6.73. The first-order valence-electron chi connectivity index (χ1n) is 11.7. The van der Waals surface area contributed by atoms with Gasteiger partial charge < -0.3 is 13.3 Å². The number of hydrogen-bond donors (Lipinski definition) is 0. The van der Waals surface area contributed by atoms with E-state index < -0.39 is 30.9 Å². The molecule has 0 aliphatic heterocycles. The SMILES string of the molecule is CC(C)(C)[Si](C)(C)OC(=O)CC/C=C(\O[Si](C)(C)C(C)(C)C)C(=O)O[Si](C)(C)C(C)(C)C. The molecule has 188 valence electrons. The molecule has 32 heavy (non-hydrogen) atoms. The molecule has 0 saturated carbocycles. The topological polar surface area (TPSA) is 61.8 Å². The van der Waals surface area contributed by atoms with Crippen molar-refractivity contribution < 1.29 is 22.9 Å². The molecular formula is C24H50O5Si3. The molecule has 5 nitrogen and oxygen atoms in total. The Hall–Kier alpha value is -0.869. The van der Waals surface area contributed by atoms with Gasteiger partial charge in [0.05, 0.1) is 0 Å². The second-order valence-electron chi connectivity index (χ2n) is 13.4. The lowest BCUT2D eigenvalue weighted by molar-refractivity contribution is -0.136. The van der Waals surface area contributed by atoms with Gasteiger partial charge in [0.15, 0.2) is 5.76 Å². The lowest BCUT2D eigenvalue weighted by atomic mass is 10.2. The monoisotopic (exact) mass is 502 g/mol. The van der Waals surface area contributed by atoms with Crippen LogP contribution in [-0.4, -0.2) is 36.9 Å². The van der Waals surface area contributed by atoms with Crippen LogP contribution < -0.4 is 0 Å². The average molecular weight is 503 g/mol. The zero-order valence-corrected chi connectivity index (χ0v) is 26.5. The fraction of sp³-hybridized carbons (Fsp3) is 0.833. The van der Waals surface area contributed by atoms with Gasteiger partial charge in [-0.2, -0.15) is 0 Å². The molecule has 0 unspecified atom stereocenters. The third-order valence-corrected chi connectivity index (χ3v) is 20.4. The van der Waals surface area contributed by atoms with Crippen molar-refractivity contribution in [2.24, 2.45) is 0 Å². The molecule has 0 heterocycles. The third kappa shape index (κ3) is 8.82. The van der Waals surface area contributed by atoms with Crippen molar-refractivity contribution in [1.29, 1.82) is 0 Å². The summed E-state index contributed by atoms with van der Waals surface area (Å²) < 4.78 is 18.2. The van der Waals surface area contributed by atoms with E-state index in [2.05, 4.69) is 88.5 Å². The van der Waals surface area contributed by atoms with Gasteiger partial charge in [-0.25, -0.2) is 4.79 Å². The van der Waals surface area contributed by atoms with Gasteiger partial charge in [-0.1, -0.05) is 62.3 Å². The Bertz CT molecular complexity index is 703. The third-order valence-electron chi connectivity index (χ3n) is 7.38. The summed E-state index contributed by atoms with van der Waals surface area (Å²) in [6, 6.07) is 0. The summed E-state index contributed by atoms with van der Waals surface area (Å²) in [6.45, 7) is 31.4. The molecule has 0 amide bonds. The second-order valence-corrected chi connectivity index (χ2v) is 27.5. The average Bonchev–Trinajstić information content (AvgIpc) is 2.49. The molecule has 0 N–H and O–H groups in total. The number of rotatable bonds is 8. The van der Waals surface area contributed by atoms with Crippen LogP contribution in [0.5, 0.6) is 0 Å². The van der Waals surface area contributed by atoms with Crippen molar-refractivity contribution in [1.82, 2.24) is 0 Å². The normalized spacial score (nSPS) is 14.8. The van der Waals surface area contributed by atoms with Gasteiger partial charge in [-0.3, -0.25) is 4.79 Å². The van der Waals surface area contributed by atoms with E-state index >= 15 is 0 Å². The summed E-state index contributed by atoms with van der Waals surface area (Å²) in [4.78, 5) is 25.7. The van der Waals surface area contributed by atoms with E-state index in [9.17, 15) is 9.59 Å². The van der Waals surface area contributed by atoms with Gasteiger partial charge in [0.1, 0.15) is 0 Å². The van der Waals surface area contributed by atoms with Crippen LogP contribution in [0.25, 0.3) is 0 Å². The fourth-order valence-corrected chi connectivity index (χ4v) is 4.71. The highest BCUT2D eigenvalue weighted by atomic mass is 28.4. The van der Waals surface area contributed by atoms with E-state index in [0.29, 0.717) is 6.42 Å². The highest BCUT2D eigenvalue weighted by Gasteiger charge is 2.44. The van der Waals surface area contributed by atoms with E-state index in [1.54, 1.807) is 6.08 Å². The van der Waals surface area contributed by atoms with Crippen molar-refractivity contribution in [2.45, 2.75) is 130 Å². The summed E-state index contributed by atoms with van der Waals surface area (Å²) >= 11 is 0. The van der Waals surface area contributed by atoms with E-state index in [4.69, 9.17) is 13.3 Å². The molecule has 0 spiro atoms. The summed E-state index contributed by atoms with van der Waals surface area (Å²) in [6.07, 6.45) is 2.32. The van der Waals surface area contributed by atoms with Crippen LogP contribution in [0, 0.1) is 0 Å². The highest BCUT2D eigenvalue weighted by Crippen LogP contribution is 2.40. The summed E-state index contributed by atoms with van der Waals surface area (Å²) in [5.74, 6) is -0.405. The number of carbonyl (C=O) groups is 2. The maximum Gasteiger partial charge on any atom is 0.358 e. The van der Waals surface area contributed by atoms with Gasteiger partial charge in [-0.05, 0) is 66.9 Å². The molecule has 0 rings (SSSR count). The number of allylic oxidation sites excluding steroid dienone is 1. The van der Waals surface area contributed by atoms with Crippen LogP contribution in [0.4, 0.5) is 0 Å². The standard InChI is InChI=1S/C24H50O5Si3/c1-22(2,3)30(10,11)27-19(21(26)29-32(14,15)24(7,8)9)17-16-18-20(25)28-31(12,13)23(4,5)6/h17H,16,18H2,1-15H3/b19-17-. The molecule has 0 saturated heterocycles. The number of hydrogen-bond acceptors (Lipinski definition) is 5. The molecule has 0 aromatic carbocycles. The molecular weight excluding hydrogens is 453 g/mol. The Morgan fingerprint density at radius 2 is 0.969 bits per heavy atom. The molecule has 0 fully saturated rings. The summed E-state index contributed by atoms with van der Waals surface area (Å²) in [5.41, 5.74) is 0. The fourth-order valence-electron chi connectivity index (χ4n) is 1.84. The van der Waals surface area contributed by atoms with Gasteiger partial charge in [-0.15, -0.1) is 0 Å². The van der Waals surface area contributed by atoms with Crippen molar-refractivity contribution >= 4 is 36.9 Å². The summed E-state index contributed by atoms with van der Waals surface area (Å²) in [5, 5.41) is -0.204. The second kappa shape index (κ2) is 10.2. The van der Waals surface area contributed by atoms with Crippen LogP contribution in [0.2, 0.25) is 54.4 Å². The predicted molar refractivity (Wildman–Crippen MR) is 142 cm³/mol. The zero-order valence-electron chi connectivity index (χ0n) is 23.5. The van der Waals surface area contributed by atoms with Gasteiger partial charge in [0, 0.05) is 6.42 Å². The Morgan fingerprint density at radius 3 is 1.34 bits per heavy atom. The van der Waals surface area contributed by atoms with Crippen molar-refractivity contribution in [3.63, 3.8) is 0 Å². The molecule has 0 atom stereocenters. The van der Waals surface area contributed by atoms with Crippen LogP contribution in [0.1, 0.15) is 75.2 Å². The highest BCUT2D eigenvalue weighted by molar-refractivity contribution is 6.76. The molecule has 0 aromatic rings. The van der Waals surface area contributed by atoms with Crippen LogP contribution >= 0.6 is 0 Å². The molecule has 0 aliphatic carbocycles. The van der Waals surface area contributed by atoms with E-state index in [0.717, 1.165) is 0 Å². The first kappa shape index (κ1) is 31.1. The zero-order chi connectivity index (χ0) is 26.0. The van der Waals surface area contributed by atoms with E-state index in [-0.39, 0.29) is 33.3 Å². The molecule has 0 aliphatic rings. The van der Waals surface area contributed by atoms with Crippen LogP contribution in [0.15, 0.2) is 11.8 Å². The minimum Gasteiger partial charge on any atom is -0.539 e. The lowest BCUT2D eigenvalue weighted by Crippen LogP contribution is -2.45. The van der Waals surface area contributed by atoms with Crippen molar-refractivity contribution in [3.05, 3.63) is 11.8 Å². The molecule has 0 radical (unpaired) electrons. The van der Waals surface area contributed by atoms with E-state index in [1.165, 1.54) is 0 Å². The first-order chi connectivity index (χ1) is 13.8. The number of carbonyl (C=O) groups excluding carboxylic acids is 2. The van der Waals surface area contributed by atoms with Crippen molar-refractivity contribution in [2.75, 3.05) is 0 Å². The Morgan fingerprint density at radius 1 is 0.625 bits per heavy atom. The minimum atomic E-state index is -2.31. The van der Waals surface area contributed by atoms with Crippen LogP contribution in [-0.2, 0) is 22.9 Å². The Kier molecular flexibility index (Phi) is 9.90. The maximum atomic E-state index is 13.2. The lowest BCUT2D eigenvalue weighted by Gasteiger charge is -2.39. The molecule has 0 aromatic heterocycles.